The van der Waals surface area contributed by atoms with Crippen LogP contribution in [0, 0.1) is 6.92 Å². The fourth-order valence-electron chi connectivity index (χ4n) is 2.21. The number of aromatic nitrogens is 2. The zero-order valence-corrected chi connectivity index (χ0v) is 11.6. The van der Waals surface area contributed by atoms with E-state index < -0.39 is 0 Å². The van der Waals surface area contributed by atoms with Gasteiger partial charge >= 0.3 is 5.69 Å². The monoisotopic (exact) mass is 281 g/mol. The van der Waals surface area contributed by atoms with Crippen LogP contribution in [0.2, 0.25) is 0 Å². The zero-order valence-electron chi connectivity index (χ0n) is 11.6. The summed E-state index contributed by atoms with van der Waals surface area (Å²) >= 11 is 0. The molecule has 21 heavy (non-hydrogen) atoms. The summed E-state index contributed by atoms with van der Waals surface area (Å²) in [6.07, 6.45) is 0.321. The predicted octanol–water partition coefficient (Wildman–Crippen LogP) is 2.35. The van der Waals surface area contributed by atoms with Crippen molar-refractivity contribution in [2.45, 2.75) is 13.3 Å². The van der Waals surface area contributed by atoms with Crippen molar-refractivity contribution in [1.82, 2.24) is 9.97 Å². The average molecular weight is 281 g/mol. The Bertz CT molecular complexity index is 844. The maximum Gasteiger partial charge on any atom is 0.323 e. The Kier molecular flexibility index (Phi) is 3.31. The van der Waals surface area contributed by atoms with E-state index in [-0.39, 0.29) is 11.6 Å². The van der Waals surface area contributed by atoms with Gasteiger partial charge in [-0.3, -0.25) is 4.79 Å². The van der Waals surface area contributed by atoms with Crippen LogP contribution in [0.1, 0.15) is 11.1 Å². The number of carbonyl (C=O) groups is 1. The number of rotatable bonds is 3. The Morgan fingerprint density at radius 3 is 2.52 bits per heavy atom. The molecule has 0 aliphatic heterocycles. The minimum Gasteiger partial charge on any atom is -0.326 e. The minimum atomic E-state index is -0.256. The number of hydrogen-bond acceptors (Lipinski definition) is 2. The molecular weight excluding hydrogens is 266 g/mol. The van der Waals surface area contributed by atoms with Gasteiger partial charge in [-0.25, -0.2) is 4.79 Å². The van der Waals surface area contributed by atoms with Gasteiger partial charge in [-0.05, 0) is 30.7 Å². The summed E-state index contributed by atoms with van der Waals surface area (Å²) < 4.78 is 0. The molecule has 1 heterocycles. The third-order valence-electron chi connectivity index (χ3n) is 3.29. The molecule has 0 radical (unpaired) electrons. The highest BCUT2D eigenvalue weighted by atomic mass is 16.1. The molecule has 3 rings (SSSR count). The molecule has 1 amide bonds. The van der Waals surface area contributed by atoms with Gasteiger partial charge in [-0.2, -0.15) is 0 Å². The van der Waals surface area contributed by atoms with E-state index in [4.69, 9.17) is 0 Å². The van der Waals surface area contributed by atoms with Crippen molar-refractivity contribution in [2.24, 2.45) is 0 Å². The first-order valence-electron chi connectivity index (χ1n) is 6.67. The molecule has 0 saturated carbocycles. The molecule has 5 nitrogen and oxygen atoms in total. The quantitative estimate of drug-likeness (QED) is 0.689. The second kappa shape index (κ2) is 5.28. The van der Waals surface area contributed by atoms with Gasteiger partial charge < -0.3 is 15.3 Å². The van der Waals surface area contributed by atoms with Crippen molar-refractivity contribution in [3.05, 3.63) is 64.1 Å². The molecule has 0 bridgehead atoms. The summed E-state index contributed by atoms with van der Waals surface area (Å²) in [4.78, 5) is 28.5. The van der Waals surface area contributed by atoms with Crippen molar-refractivity contribution < 1.29 is 4.79 Å². The highest BCUT2D eigenvalue weighted by Gasteiger charge is 2.05. The molecule has 0 aliphatic rings. The van der Waals surface area contributed by atoms with Gasteiger partial charge in [-0.1, -0.05) is 29.8 Å². The Hall–Kier alpha value is -2.82. The van der Waals surface area contributed by atoms with Gasteiger partial charge in [0.15, 0.2) is 0 Å². The van der Waals surface area contributed by atoms with Gasteiger partial charge in [-0.15, -0.1) is 0 Å². The van der Waals surface area contributed by atoms with Gasteiger partial charge in [0.25, 0.3) is 0 Å². The number of fused-ring (bicyclic) bond motifs is 1. The normalized spacial score (nSPS) is 10.7. The number of hydrogen-bond donors (Lipinski definition) is 3. The zero-order chi connectivity index (χ0) is 14.8. The van der Waals surface area contributed by atoms with E-state index in [1.165, 1.54) is 5.56 Å². The maximum atomic E-state index is 12.0. The third kappa shape index (κ3) is 3.02. The standard InChI is InChI=1S/C16H15N3O2/c1-10-2-4-11(5-3-10)8-15(20)17-12-6-7-13-14(9-12)19-16(21)18-13/h2-7,9H,8H2,1H3,(H,17,20)(H2,18,19,21). The van der Waals surface area contributed by atoms with E-state index in [1.54, 1.807) is 18.2 Å². The number of imidazole rings is 1. The fraction of sp³-hybridized carbons (Fsp3) is 0.125. The Morgan fingerprint density at radius 2 is 1.76 bits per heavy atom. The predicted molar refractivity (Wildman–Crippen MR) is 82.4 cm³/mol. The summed E-state index contributed by atoms with van der Waals surface area (Å²) in [5.41, 5.74) is 3.93. The molecule has 0 saturated heterocycles. The van der Waals surface area contributed by atoms with Crippen LogP contribution in [0.3, 0.4) is 0 Å². The van der Waals surface area contributed by atoms with Crippen LogP contribution < -0.4 is 11.0 Å². The SMILES string of the molecule is Cc1ccc(CC(=O)Nc2ccc3[nH]c(=O)[nH]c3c2)cc1. The van der Waals surface area contributed by atoms with Crippen LogP contribution >= 0.6 is 0 Å². The summed E-state index contributed by atoms with van der Waals surface area (Å²) in [6, 6.07) is 13.1. The average Bonchev–Trinajstić information content (AvgIpc) is 2.80. The van der Waals surface area contributed by atoms with E-state index >= 15 is 0 Å². The van der Waals surface area contributed by atoms with Crippen molar-refractivity contribution >= 4 is 22.6 Å². The number of benzene rings is 2. The molecule has 2 aromatic carbocycles. The second-order valence-electron chi connectivity index (χ2n) is 5.05. The largest absolute Gasteiger partial charge is 0.326 e. The third-order valence-corrected chi connectivity index (χ3v) is 3.29. The molecule has 0 atom stereocenters. The molecule has 3 N–H and O–H groups in total. The van der Waals surface area contributed by atoms with Crippen LogP contribution in [0.15, 0.2) is 47.3 Å². The fourth-order valence-corrected chi connectivity index (χ4v) is 2.21. The van der Waals surface area contributed by atoms with Gasteiger partial charge in [0.1, 0.15) is 0 Å². The highest BCUT2D eigenvalue weighted by Crippen LogP contribution is 2.15. The Labute approximate surface area is 121 Å². The van der Waals surface area contributed by atoms with Crippen LogP contribution in [-0.4, -0.2) is 15.9 Å². The van der Waals surface area contributed by atoms with Crippen molar-refractivity contribution in [2.75, 3.05) is 5.32 Å². The molecule has 1 aromatic heterocycles. The van der Waals surface area contributed by atoms with E-state index in [9.17, 15) is 9.59 Å². The minimum absolute atomic E-state index is 0.0870. The molecule has 0 spiro atoms. The van der Waals surface area contributed by atoms with Crippen LogP contribution in [0.4, 0.5) is 5.69 Å². The Morgan fingerprint density at radius 1 is 1.05 bits per heavy atom. The lowest BCUT2D eigenvalue weighted by atomic mass is 10.1. The second-order valence-corrected chi connectivity index (χ2v) is 5.05. The van der Waals surface area contributed by atoms with Crippen LogP contribution in [0.5, 0.6) is 0 Å². The van der Waals surface area contributed by atoms with Crippen LogP contribution in [-0.2, 0) is 11.2 Å². The lowest BCUT2D eigenvalue weighted by Gasteiger charge is -2.05. The van der Waals surface area contributed by atoms with E-state index in [1.807, 2.05) is 31.2 Å². The van der Waals surface area contributed by atoms with Crippen molar-refractivity contribution in [3.8, 4) is 0 Å². The summed E-state index contributed by atoms with van der Waals surface area (Å²) in [5.74, 6) is -0.0870. The molecular formula is C16H15N3O2. The molecule has 5 heteroatoms. The first-order valence-corrected chi connectivity index (χ1v) is 6.67. The topological polar surface area (TPSA) is 77.8 Å². The highest BCUT2D eigenvalue weighted by molar-refractivity contribution is 5.94. The number of nitrogens with one attached hydrogen (secondary N) is 3. The van der Waals surface area contributed by atoms with E-state index in [0.717, 1.165) is 11.1 Å². The molecule has 0 aliphatic carbocycles. The summed E-state index contributed by atoms with van der Waals surface area (Å²) in [6.45, 7) is 2.01. The first-order chi connectivity index (χ1) is 10.1. The number of amides is 1. The lowest BCUT2D eigenvalue weighted by Crippen LogP contribution is -2.14. The van der Waals surface area contributed by atoms with Crippen molar-refractivity contribution in [3.63, 3.8) is 0 Å². The van der Waals surface area contributed by atoms with Crippen LogP contribution in [0.25, 0.3) is 11.0 Å². The number of carbonyl (C=O) groups excluding carboxylic acids is 1. The smallest absolute Gasteiger partial charge is 0.323 e. The number of aryl methyl sites for hydroxylation is 1. The number of H-pyrrole nitrogens is 2. The maximum absolute atomic E-state index is 12.0. The van der Waals surface area contributed by atoms with E-state index in [0.29, 0.717) is 17.6 Å². The van der Waals surface area contributed by atoms with Crippen molar-refractivity contribution in [1.29, 1.82) is 0 Å². The van der Waals surface area contributed by atoms with Gasteiger partial charge in [0.05, 0.1) is 17.5 Å². The molecule has 3 aromatic rings. The van der Waals surface area contributed by atoms with Gasteiger partial charge in [0.2, 0.25) is 5.91 Å². The summed E-state index contributed by atoms with van der Waals surface area (Å²) in [7, 11) is 0. The van der Waals surface area contributed by atoms with E-state index in [2.05, 4.69) is 15.3 Å². The molecule has 0 fully saturated rings. The molecule has 106 valence electrons. The number of aromatic amines is 2. The molecule has 0 unspecified atom stereocenters. The summed E-state index contributed by atoms with van der Waals surface area (Å²) in [5, 5.41) is 2.83. The Balaban J connectivity index is 1.73. The van der Waals surface area contributed by atoms with Gasteiger partial charge in [0, 0.05) is 5.69 Å². The number of anilines is 1. The lowest BCUT2D eigenvalue weighted by molar-refractivity contribution is -0.115. The first kappa shape index (κ1) is 13.2.